The Kier molecular flexibility index (Phi) is 4.59. The van der Waals surface area contributed by atoms with Crippen LogP contribution in [0.3, 0.4) is 0 Å². The lowest BCUT2D eigenvalue weighted by Crippen LogP contribution is -2.46. The highest BCUT2D eigenvalue weighted by Crippen LogP contribution is 2.19. The van der Waals surface area contributed by atoms with E-state index in [1.165, 1.54) is 12.1 Å². The minimum Gasteiger partial charge on any atom is -0.376 e. The van der Waals surface area contributed by atoms with Gasteiger partial charge in [-0.3, -0.25) is 4.90 Å². The average Bonchev–Trinajstić information content (AvgIpc) is 2.65. The zero-order valence-electron chi connectivity index (χ0n) is 13.9. The van der Waals surface area contributed by atoms with Gasteiger partial charge in [0.25, 0.3) is 0 Å². The maximum atomic E-state index is 13.3. The summed E-state index contributed by atoms with van der Waals surface area (Å²) in [6, 6.07) is 4.10. The number of benzene rings is 1. The lowest BCUT2D eigenvalue weighted by molar-refractivity contribution is 0.109. The maximum absolute atomic E-state index is 13.3. The van der Waals surface area contributed by atoms with E-state index in [4.69, 9.17) is 9.72 Å². The molecule has 132 valence electrons. The van der Waals surface area contributed by atoms with E-state index in [-0.39, 0.29) is 0 Å². The number of nitrogens with zero attached hydrogens (tertiary/aromatic N) is 4. The summed E-state index contributed by atoms with van der Waals surface area (Å²) in [6.45, 7) is 5.24. The first kappa shape index (κ1) is 16.4. The SMILES string of the molecule is Fc1ccc(CN2CCN(c3ncc4c(n3)CCOC4)CC2)cc1F. The Bertz CT molecular complexity index is 763. The Morgan fingerprint density at radius 2 is 1.92 bits per heavy atom. The first-order valence-electron chi connectivity index (χ1n) is 8.53. The molecular formula is C18H20F2N4O. The molecule has 3 heterocycles. The summed E-state index contributed by atoms with van der Waals surface area (Å²) in [4.78, 5) is 13.6. The van der Waals surface area contributed by atoms with Crippen LogP contribution in [0.1, 0.15) is 16.8 Å². The van der Waals surface area contributed by atoms with Crippen LogP contribution in [0.2, 0.25) is 0 Å². The van der Waals surface area contributed by atoms with Crippen LogP contribution in [0.25, 0.3) is 0 Å². The molecule has 25 heavy (non-hydrogen) atoms. The van der Waals surface area contributed by atoms with Crippen molar-refractivity contribution < 1.29 is 13.5 Å². The quantitative estimate of drug-likeness (QED) is 0.852. The first-order chi connectivity index (χ1) is 12.2. The third-order valence-corrected chi connectivity index (χ3v) is 4.73. The molecule has 0 radical (unpaired) electrons. The van der Waals surface area contributed by atoms with E-state index >= 15 is 0 Å². The summed E-state index contributed by atoms with van der Waals surface area (Å²) < 4.78 is 31.8. The Morgan fingerprint density at radius 3 is 2.72 bits per heavy atom. The Morgan fingerprint density at radius 1 is 1.08 bits per heavy atom. The molecular weight excluding hydrogens is 326 g/mol. The van der Waals surface area contributed by atoms with E-state index in [1.807, 2.05) is 6.20 Å². The second-order valence-corrected chi connectivity index (χ2v) is 6.46. The summed E-state index contributed by atoms with van der Waals surface area (Å²) in [5, 5.41) is 0. The van der Waals surface area contributed by atoms with Gasteiger partial charge in [-0.15, -0.1) is 0 Å². The van der Waals surface area contributed by atoms with Gasteiger partial charge in [-0.1, -0.05) is 6.07 Å². The van der Waals surface area contributed by atoms with Crippen LogP contribution in [0, 0.1) is 11.6 Å². The van der Waals surface area contributed by atoms with E-state index in [0.29, 0.717) is 19.8 Å². The lowest BCUT2D eigenvalue weighted by Gasteiger charge is -2.35. The molecule has 1 aromatic carbocycles. The van der Waals surface area contributed by atoms with Crippen molar-refractivity contribution in [2.75, 3.05) is 37.7 Å². The van der Waals surface area contributed by atoms with Gasteiger partial charge in [0, 0.05) is 50.9 Å². The zero-order valence-corrected chi connectivity index (χ0v) is 13.9. The smallest absolute Gasteiger partial charge is 0.225 e. The molecule has 0 unspecified atom stereocenters. The van der Waals surface area contributed by atoms with Crippen LogP contribution in [0.5, 0.6) is 0 Å². The number of rotatable bonds is 3. The average molecular weight is 346 g/mol. The number of aromatic nitrogens is 2. The van der Waals surface area contributed by atoms with Gasteiger partial charge in [0.2, 0.25) is 5.95 Å². The van der Waals surface area contributed by atoms with Crippen molar-refractivity contribution in [2.45, 2.75) is 19.6 Å². The van der Waals surface area contributed by atoms with Gasteiger partial charge in [0.15, 0.2) is 11.6 Å². The molecule has 1 saturated heterocycles. The van der Waals surface area contributed by atoms with Crippen LogP contribution in [-0.4, -0.2) is 47.7 Å². The second-order valence-electron chi connectivity index (χ2n) is 6.46. The molecule has 0 bridgehead atoms. The fourth-order valence-electron chi connectivity index (χ4n) is 3.27. The van der Waals surface area contributed by atoms with Crippen molar-refractivity contribution in [3.63, 3.8) is 0 Å². The normalized spacial score (nSPS) is 18.2. The Hall–Kier alpha value is -2.12. The summed E-state index contributed by atoms with van der Waals surface area (Å²) in [5.74, 6) is -0.820. The first-order valence-corrected chi connectivity index (χ1v) is 8.53. The van der Waals surface area contributed by atoms with Crippen LogP contribution in [0.4, 0.5) is 14.7 Å². The van der Waals surface area contributed by atoms with E-state index in [9.17, 15) is 8.78 Å². The molecule has 1 fully saturated rings. The number of anilines is 1. The zero-order chi connectivity index (χ0) is 17.2. The minimum atomic E-state index is -0.802. The molecule has 2 aliphatic rings. The van der Waals surface area contributed by atoms with Crippen LogP contribution in [0.15, 0.2) is 24.4 Å². The van der Waals surface area contributed by atoms with Crippen molar-refractivity contribution in [2.24, 2.45) is 0 Å². The predicted octanol–water partition coefficient (Wildman–Crippen LogP) is 2.15. The third-order valence-electron chi connectivity index (χ3n) is 4.73. The molecule has 0 amide bonds. The standard InChI is InChI=1S/C18H20F2N4O/c19-15-2-1-13(9-16(15)20)11-23-4-6-24(7-5-23)18-21-10-14-12-25-8-3-17(14)22-18/h1-2,9-10H,3-8,11-12H2. The number of fused-ring (bicyclic) bond motifs is 1. The molecule has 7 heteroatoms. The van der Waals surface area contributed by atoms with Gasteiger partial charge in [0.05, 0.1) is 18.9 Å². The molecule has 2 aliphatic heterocycles. The van der Waals surface area contributed by atoms with Gasteiger partial charge in [-0.05, 0) is 17.7 Å². The van der Waals surface area contributed by atoms with E-state index in [2.05, 4.69) is 14.8 Å². The number of ether oxygens (including phenoxy) is 1. The molecule has 0 atom stereocenters. The fourth-order valence-corrected chi connectivity index (χ4v) is 3.27. The summed E-state index contributed by atoms with van der Waals surface area (Å²) in [6.07, 6.45) is 2.70. The molecule has 4 rings (SSSR count). The van der Waals surface area contributed by atoms with E-state index < -0.39 is 11.6 Å². The number of halogens is 2. The second kappa shape index (κ2) is 7.01. The molecule has 5 nitrogen and oxygen atoms in total. The van der Waals surface area contributed by atoms with Crippen molar-refractivity contribution >= 4 is 5.95 Å². The monoisotopic (exact) mass is 346 g/mol. The molecule has 2 aromatic rings. The molecule has 1 aromatic heterocycles. The highest BCUT2D eigenvalue weighted by atomic mass is 19.2. The Balaban J connectivity index is 1.37. The Labute approximate surface area is 145 Å². The molecule has 0 N–H and O–H groups in total. The maximum Gasteiger partial charge on any atom is 0.225 e. The van der Waals surface area contributed by atoms with Crippen molar-refractivity contribution in [1.29, 1.82) is 0 Å². The molecule has 0 spiro atoms. The lowest BCUT2D eigenvalue weighted by atomic mass is 10.1. The van der Waals surface area contributed by atoms with Crippen molar-refractivity contribution in [3.05, 3.63) is 52.9 Å². The number of piperazine rings is 1. The van der Waals surface area contributed by atoms with E-state index in [0.717, 1.165) is 55.4 Å². The third kappa shape index (κ3) is 3.62. The van der Waals surface area contributed by atoms with Crippen LogP contribution in [-0.2, 0) is 24.3 Å². The van der Waals surface area contributed by atoms with Crippen LogP contribution < -0.4 is 4.90 Å². The van der Waals surface area contributed by atoms with Gasteiger partial charge in [-0.2, -0.15) is 0 Å². The highest BCUT2D eigenvalue weighted by Gasteiger charge is 2.21. The van der Waals surface area contributed by atoms with Crippen molar-refractivity contribution in [3.8, 4) is 0 Å². The van der Waals surface area contributed by atoms with Gasteiger partial charge in [-0.25, -0.2) is 18.7 Å². The van der Waals surface area contributed by atoms with E-state index in [1.54, 1.807) is 6.07 Å². The van der Waals surface area contributed by atoms with Crippen molar-refractivity contribution in [1.82, 2.24) is 14.9 Å². The minimum absolute atomic E-state index is 0.595. The number of hydrogen-bond acceptors (Lipinski definition) is 5. The summed E-state index contributed by atoms with van der Waals surface area (Å²) >= 11 is 0. The molecule has 0 saturated carbocycles. The van der Waals surface area contributed by atoms with Gasteiger partial charge >= 0.3 is 0 Å². The highest BCUT2D eigenvalue weighted by molar-refractivity contribution is 5.34. The predicted molar refractivity (Wildman–Crippen MR) is 89.2 cm³/mol. The van der Waals surface area contributed by atoms with Crippen LogP contribution >= 0.6 is 0 Å². The number of hydrogen-bond donors (Lipinski definition) is 0. The topological polar surface area (TPSA) is 41.5 Å². The summed E-state index contributed by atoms with van der Waals surface area (Å²) in [5.41, 5.74) is 2.95. The largest absolute Gasteiger partial charge is 0.376 e. The summed E-state index contributed by atoms with van der Waals surface area (Å²) in [7, 11) is 0. The van der Waals surface area contributed by atoms with Gasteiger partial charge in [0.1, 0.15) is 0 Å². The van der Waals surface area contributed by atoms with Gasteiger partial charge < -0.3 is 9.64 Å². The molecule has 0 aliphatic carbocycles. The fraction of sp³-hybridized carbons (Fsp3) is 0.444.